The van der Waals surface area contributed by atoms with E-state index in [-0.39, 0.29) is 0 Å². The van der Waals surface area contributed by atoms with Gasteiger partial charge >= 0.3 is 0 Å². The van der Waals surface area contributed by atoms with Crippen LogP contribution in [0.1, 0.15) is 12.5 Å². The summed E-state index contributed by atoms with van der Waals surface area (Å²) in [5.41, 5.74) is 1.31. The standard InChI is InChI=1S/C11H15N/c1-3-10(2)12-9-11-7-5-4-6-8-11/h3-8,10,12H,1,9H2,2H3/t10-/m1/s1. The molecule has 0 saturated carbocycles. The molecule has 1 rings (SSSR count). The van der Waals surface area contributed by atoms with Crippen molar-refractivity contribution in [1.82, 2.24) is 5.32 Å². The minimum Gasteiger partial charge on any atom is -0.307 e. The van der Waals surface area contributed by atoms with Crippen LogP contribution >= 0.6 is 0 Å². The Morgan fingerprint density at radius 2 is 2.08 bits per heavy atom. The lowest BCUT2D eigenvalue weighted by atomic mass is 10.2. The van der Waals surface area contributed by atoms with Crippen molar-refractivity contribution in [1.29, 1.82) is 0 Å². The van der Waals surface area contributed by atoms with Crippen molar-refractivity contribution < 1.29 is 0 Å². The monoisotopic (exact) mass is 161 g/mol. The Bertz CT molecular complexity index is 228. The Kier molecular flexibility index (Phi) is 3.55. The van der Waals surface area contributed by atoms with Gasteiger partial charge in [-0.2, -0.15) is 0 Å². The van der Waals surface area contributed by atoms with E-state index in [9.17, 15) is 0 Å². The largest absolute Gasteiger partial charge is 0.307 e. The van der Waals surface area contributed by atoms with Gasteiger partial charge in [0.15, 0.2) is 0 Å². The number of hydrogen-bond acceptors (Lipinski definition) is 1. The fraction of sp³-hybridized carbons (Fsp3) is 0.273. The Balaban J connectivity index is 2.38. The molecule has 1 heteroatoms. The molecule has 1 N–H and O–H groups in total. The molecule has 12 heavy (non-hydrogen) atoms. The molecule has 64 valence electrons. The molecule has 1 aromatic carbocycles. The van der Waals surface area contributed by atoms with E-state index in [1.807, 2.05) is 12.1 Å². The maximum absolute atomic E-state index is 3.71. The lowest BCUT2D eigenvalue weighted by Gasteiger charge is -2.08. The summed E-state index contributed by atoms with van der Waals surface area (Å²) in [6.07, 6.45) is 1.91. The highest BCUT2D eigenvalue weighted by Gasteiger charge is 1.94. The second-order valence-corrected chi connectivity index (χ2v) is 2.89. The summed E-state index contributed by atoms with van der Waals surface area (Å²) in [5, 5.41) is 3.33. The topological polar surface area (TPSA) is 12.0 Å². The van der Waals surface area contributed by atoms with Crippen LogP contribution in [0.2, 0.25) is 0 Å². The molecule has 1 atom stereocenters. The van der Waals surface area contributed by atoms with Gasteiger partial charge in [-0.1, -0.05) is 36.4 Å². The molecule has 1 aromatic rings. The van der Waals surface area contributed by atoms with E-state index in [4.69, 9.17) is 0 Å². The molecule has 0 saturated heterocycles. The predicted molar refractivity (Wildman–Crippen MR) is 52.9 cm³/mol. The fourth-order valence-electron chi connectivity index (χ4n) is 0.958. The highest BCUT2D eigenvalue weighted by Crippen LogP contribution is 1.97. The van der Waals surface area contributed by atoms with Gasteiger partial charge in [0.1, 0.15) is 0 Å². The van der Waals surface area contributed by atoms with Crippen molar-refractivity contribution in [2.24, 2.45) is 0 Å². The Hall–Kier alpha value is -1.08. The average Bonchev–Trinajstić information content (AvgIpc) is 2.16. The first-order valence-corrected chi connectivity index (χ1v) is 4.23. The first-order chi connectivity index (χ1) is 5.83. The minimum atomic E-state index is 0.380. The maximum Gasteiger partial charge on any atom is 0.0222 e. The molecule has 0 spiro atoms. The van der Waals surface area contributed by atoms with Crippen molar-refractivity contribution in [2.45, 2.75) is 19.5 Å². The van der Waals surface area contributed by atoms with Crippen LogP contribution < -0.4 is 5.32 Å². The first-order valence-electron chi connectivity index (χ1n) is 4.23. The molecule has 0 unspecified atom stereocenters. The van der Waals surface area contributed by atoms with Crippen molar-refractivity contribution in [3.63, 3.8) is 0 Å². The van der Waals surface area contributed by atoms with Crippen molar-refractivity contribution in [2.75, 3.05) is 0 Å². The predicted octanol–water partition coefficient (Wildman–Crippen LogP) is 2.35. The Labute approximate surface area is 74.1 Å². The van der Waals surface area contributed by atoms with E-state index >= 15 is 0 Å². The third kappa shape index (κ3) is 2.89. The van der Waals surface area contributed by atoms with Crippen LogP contribution in [-0.4, -0.2) is 6.04 Å². The number of nitrogens with one attached hydrogen (secondary N) is 1. The van der Waals surface area contributed by atoms with Gasteiger partial charge in [-0.3, -0.25) is 0 Å². The normalized spacial score (nSPS) is 12.4. The van der Waals surface area contributed by atoms with Crippen LogP contribution in [0, 0.1) is 0 Å². The second kappa shape index (κ2) is 4.73. The van der Waals surface area contributed by atoms with Crippen LogP contribution in [0.4, 0.5) is 0 Å². The fourth-order valence-corrected chi connectivity index (χ4v) is 0.958. The molecule has 0 fully saturated rings. The summed E-state index contributed by atoms with van der Waals surface area (Å²) >= 11 is 0. The lowest BCUT2D eigenvalue weighted by Crippen LogP contribution is -2.22. The molecule has 0 aromatic heterocycles. The van der Waals surface area contributed by atoms with Gasteiger partial charge < -0.3 is 5.32 Å². The van der Waals surface area contributed by atoms with E-state index < -0.39 is 0 Å². The molecule has 0 aliphatic carbocycles. The minimum absolute atomic E-state index is 0.380. The summed E-state index contributed by atoms with van der Waals surface area (Å²) in [5.74, 6) is 0. The van der Waals surface area contributed by atoms with Gasteiger partial charge in [0.25, 0.3) is 0 Å². The number of benzene rings is 1. The quantitative estimate of drug-likeness (QED) is 0.668. The van der Waals surface area contributed by atoms with Gasteiger partial charge in [0.2, 0.25) is 0 Å². The van der Waals surface area contributed by atoms with Crippen LogP contribution in [-0.2, 0) is 6.54 Å². The summed E-state index contributed by atoms with van der Waals surface area (Å²) in [6, 6.07) is 10.7. The molecule has 0 heterocycles. The van der Waals surface area contributed by atoms with E-state index in [0.29, 0.717) is 6.04 Å². The number of hydrogen-bond donors (Lipinski definition) is 1. The highest BCUT2D eigenvalue weighted by atomic mass is 14.9. The Morgan fingerprint density at radius 1 is 1.42 bits per heavy atom. The number of rotatable bonds is 4. The lowest BCUT2D eigenvalue weighted by molar-refractivity contribution is 0.634. The van der Waals surface area contributed by atoms with Gasteiger partial charge in [-0.05, 0) is 12.5 Å². The highest BCUT2D eigenvalue weighted by molar-refractivity contribution is 5.14. The summed E-state index contributed by atoms with van der Waals surface area (Å²) in [4.78, 5) is 0. The molecule has 0 aliphatic rings. The van der Waals surface area contributed by atoms with E-state index in [1.54, 1.807) is 0 Å². The van der Waals surface area contributed by atoms with Crippen molar-refractivity contribution in [3.05, 3.63) is 48.6 Å². The molecular formula is C11H15N. The van der Waals surface area contributed by atoms with Gasteiger partial charge in [-0.25, -0.2) is 0 Å². The molecule has 1 nitrogen and oxygen atoms in total. The van der Waals surface area contributed by atoms with E-state index in [1.165, 1.54) is 5.56 Å². The zero-order chi connectivity index (χ0) is 8.81. The van der Waals surface area contributed by atoms with Crippen LogP contribution in [0.25, 0.3) is 0 Å². The van der Waals surface area contributed by atoms with Gasteiger partial charge in [0, 0.05) is 12.6 Å². The second-order valence-electron chi connectivity index (χ2n) is 2.89. The van der Waals surface area contributed by atoms with Gasteiger partial charge in [-0.15, -0.1) is 6.58 Å². The summed E-state index contributed by atoms with van der Waals surface area (Å²) in [6.45, 7) is 6.71. The smallest absolute Gasteiger partial charge is 0.0222 e. The molecule has 0 radical (unpaired) electrons. The average molecular weight is 161 g/mol. The molecule has 0 aliphatic heterocycles. The summed E-state index contributed by atoms with van der Waals surface area (Å²) < 4.78 is 0. The molecule has 0 amide bonds. The third-order valence-corrected chi connectivity index (χ3v) is 1.82. The molecular weight excluding hydrogens is 146 g/mol. The van der Waals surface area contributed by atoms with E-state index in [0.717, 1.165) is 6.54 Å². The van der Waals surface area contributed by atoms with Crippen LogP contribution in [0.15, 0.2) is 43.0 Å². The first kappa shape index (κ1) is 9.01. The maximum atomic E-state index is 3.71. The summed E-state index contributed by atoms with van der Waals surface area (Å²) in [7, 11) is 0. The zero-order valence-corrected chi connectivity index (χ0v) is 7.46. The Morgan fingerprint density at radius 3 is 2.67 bits per heavy atom. The van der Waals surface area contributed by atoms with Crippen LogP contribution in [0.5, 0.6) is 0 Å². The van der Waals surface area contributed by atoms with Gasteiger partial charge in [0.05, 0.1) is 0 Å². The van der Waals surface area contributed by atoms with E-state index in [2.05, 4.69) is 43.1 Å². The zero-order valence-electron chi connectivity index (χ0n) is 7.46. The third-order valence-electron chi connectivity index (χ3n) is 1.82. The van der Waals surface area contributed by atoms with Crippen molar-refractivity contribution >= 4 is 0 Å². The molecule has 0 bridgehead atoms. The SMILES string of the molecule is C=C[C@@H](C)NCc1ccccc1. The van der Waals surface area contributed by atoms with Crippen LogP contribution in [0.3, 0.4) is 0 Å². The van der Waals surface area contributed by atoms with Crippen molar-refractivity contribution in [3.8, 4) is 0 Å².